The molecule has 2 saturated heterocycles. The van der Waals surface area contributed by atoms with Gasteiger partial charge in [0.05, 0.1) is 25.4 Å². The number of urea groups is 1. The minimum atomic E-state index is -0.607. The zero-order valence-electron chi connectivity index (χ0n) is 20.8. The van der Waals surface area contributed by atoms with Gasteiger partial charge in [-0.25, -0.2) is 9.59 Å². The van der Waals surface area contributed by atoms with Crippen LogP contribution in [0.3, 0.4) is 0 Å². The van der Waals surface area contributed by atoms with Crippen LogP contribution in [0.1, 0.15) is 63.8 Å². The van der Waals surface area contributed by atoms with Gasteiger partial charge in [0, 0.05) is 36.7 Å². The van der Waals surface area contributed by atoms with E-state index in [1.54, 1.807) is 9.80 Å². The van der Waals surface area contributed by atoms with Crippen molar-refractivity contribution in [3.8, 4) is 0 Å². The summed E-state index contributed by atoms with van der Waals surface area (Å²) in [5.74, 6) is 0. The van der Waals surface area contributed by atoms with Crippen LogP contribution in [0.25, 0.3) is 0 Å². The smallest absolute Gasteiger partial charge is 0.410 e. The number of carbonyl (C=O) groups excluding carboxylic acids is 2. The monoisotopic (exact) mass is 493 g/mol. The second-order valence-electron chi connectivity index (χ2n) is 11.1. The zero-order valence-corrected chi connectivity index (χ0v) is 21.5. The van der Waals surface area contributed by atoms with E-state index in [9.17, 15) is 14.7 Å². The highest BCUT2D eigenvalue weighted by molar-refractivity contribution is 6.30. The molecule has 1 aromatic carbocycles. The summed E-state index contributed by atoms with van der Waals surface area (Å²) in [7, 11) is 0. The highest BCUT2D eigenvalue weighted by Gasteiger charge is 2.43. The molecule has 0 aromatic heterocycles. The molecule has 0 spiro atoms. The second-order valence-corrected chi connectivity index (χ2v) is 11.6. The molecule has 1 aromatic rings. The molecule has 2 fully saturated rings. The first kappa shape index (κ1) is 25.1. The first-order valence-corrected chi connectivity index (χ1v) is 12.4. The van der Waals surface area contributed by atoms with Crippen LogP contribution in [0, 0.1) is 0 Å². The fraction of sp³-hybridized carbons (Fsp3) is 0.680. The molecule has 0 radical (unpaired) electrons. The van der Waals surface area contributed by atoms with E-state index in [2.05, 4.69) is 0 Å². The number of hydrogen-bond donors (Lipinski definition) is 1. The van der Waals surface area contributed by atoms with Gasteiger partial charge in [0.25, 0.3) is 0 Å². The molecule has 188 valence electrons. The van der Waals surface area contributed by atoms with Gasteiger partial charge in [-0.15, -0.1) is 0 Å². The summed E-state index contributed by atoms with van der Waals surface area (Å²) in [6.07, 6.45) is 0.345. The SMILES string of the molecule is CC(C)(C)OC(=O)N1CCOC[C@H]1c1cc(Cl)cc2c1CN(C(=O)N1CC(O)CC1(C)C)CC2. The Morgan fingerprint density at radius 3 is 2.62 bits per heavy atom. The lowest BCUT2D eigenvalue weighted by molar-refractivity contribution is -0.0334. The van der Waals surface area contributed by atoms with Gasteiger partial charge in [0.1, 0.15) is 5.60 Å². The minimum absolute atomic E-state index is 0.0722. The van der Waals surface area contributed by atoms with Crippen LogP contribution < -0.4 is 0 Å². The molecule has 9 heteroatoms. The van der Waals surface area contributed by atoms with Crippen molar-refractivity contribution in [2.75, 3.05) is 32.8 Å². The molecule has 2 atom stereocenters. The van der Waals surface area contributed by atoms with E-state index in [0.29, 0.717) is 57.3 Å². The highest BCUT2D eigenvalue weighted by atomic mass is 35.5. The quantitative estimate of drug-likeness (QED) is 0.640. The predicted molar refractivity (Wildman–Crippen MR) is 129 cm³/mol. The summed E-state index contributed by atoms with van der Waals surface area (Å²) in [5.41, 5.74) is 1.98. The lowest BCUT2D eigenvalue weighted by atomic mass is 9.90. The van der Waals surface area contributed by atoms with Crippen molar-refractivity contribution in [2.45, 2.75) is 77.3 Å². The summed E-state index contributed by atoms with van der Waals surface area (Å²) in [6.45, 7) is 12.1. The first-order valence-electron chi connectivity index (χ1n) is 12.0. The Morgan fingerprint density at radius 1 is 1.24 bits per heavy atom. The van der Waals surface area contributed by atoms with Gasteiger partial charge < -0.3 is 24.4 Å². The maximum atomic E-state index is 13.5. The van der Waals surface area contributed by atoms with Crippen LogP contribution in [0.2, 0.25) is 5.02 Å². The number of amides is 3. The molecule has 3 aliphatic heterocycles. The lowest BCUT2D eigenvalue weighted by Crippen LogP contribution is -2.51. The van der Waals surface area contributed by atoms with Crippen molar-refractivity contribution >= 4 is 23.7 Å². The molecule has 0 bridgehead atoms. The fourth-order valence-electron chi connectivity index (χ4n) is 5.24. The molecule has 1 N–H and O–H groups in total. The van der Waals surface area contributed by atoms with Crippen molar-refractivity contribution in [3.63, 3.8) is 0 Å². The molecule has 3 aliphatic rings. The summed E-state index contributed by atoms with van der Waals surface area (Å²) >= 11 is 6.50. The fourth-order valence-corrected chi connectivity index (χ4v) is 5.48. The van der Waals surface area contributed by atoms with Gasteiger partial charge in [0.2, 0.25) is 0 Å². The predicted octanol–water partition coefficient (Wildman–Crippen LogP) is 3.97. The molecular weight excluding hydrogens is 458 g/mol. The van der Waals surface area contributed by atoms with Crippen LogP contribution >= 0.6 is 11.6 Å². The number of nitrogens with zero attached hydrogens (tertiary/aromatic N) is 3. The number of hydrogen-bond acceptors (Lipinski definition) is 5. The normalized spacial score (nSPS) is 24.7. The van der Waals surface area contributed by atoms with Crippen LogP contribution in [-0.4, -0.2) is 82.0 Å². The number of aliphatic hydroxyl groups is 1. The maximum Gasteiger partial charge on any atom is 0.410 e. The van der Waals surface area contributed by atoms with Gasteiger partial charge in [-0.3, -0.25) is 4.90 Å². The van der Waals surface area contributed by atoms with E-state index in [-0.39, 0.29) is 18.2 Å². The Balaban J connectivity index is 1.63. The number of halogens is 1. The molecule has 1 unspecified atom stereocenters. The average molecular weight is 494 g/mol. The third kappa shape index (κ3) is 5.14. The third-order valence-electron chi connectivity index (χ3n) is 6.82. The first-order chi connectivity index (χ1) is 15.9. The Bertz CT molecular complexity index is 961. The Hall–Kier alpha value is -2.03. The molecule has 3 heterocycles. The summed E-state index contributed by atoms with van der Waals surface area (Å²) in [6, 6.07) is 3.41. The Kier molecular flexibility index (Phi) is 6.79. The van der Waals surface area contributed by atoms with Gasteiger partial charge in [0.15, 0.2) is 0 Å². The molecular formula is C25H36ClN3O5. The summed E-state index contributed by atoms with van der Waals surface area (Å²) in [4.78, 5) is 31.8. The van der Waals surface area contributed by atoms with E-state index in [1.807, 2.05) is 51.7 Å². The number of likely N-dealkylation sites (tertiary alicyclic amines) is 1. The Labute approximate surface area is 206 Å². The number of ether oxygens (including phenoxy) is 2. The summed E-state index contributed by atoms with van der Waals surface area (Å²) < 4.78 is 11.4. The van der Waals surface area contributed by atoms with Crippen molar-refractivity contribution < 1.29 is 24.2 Å². The minimum Gasteiger partial charge on any atom is -0.444 e. The van der Waals surface area contributed by atoms with Crippen LogP contribution in [0.15, 0.2) is 12.1 Å². The van der Waals surface area contributed by atoms with Crippen LogP contribution in [0.5, 0.6) is 0 Å². The number of benzene rings is 1. The van der Waals surface area contributed by atoms with E-state index < -0.39 is 17.2 Å². The number of β-amino-alcohol motifs (C(OH)–C–C–N with tert-alkyl or cyclic N) is 1. The van der Waals surface area contributed by atoms with Gasteiger partial charge >= 0.3 is 12.1 Å². The van der Waals surface area contributed by atoms with Crippen molar-refractivity contribution in [3.05, 3.63) is 33.8 Å². The Morgan fingerprint density at radius 2 is 1.97 bits per heavy atom. The largest absolute Gasteiger partial charge is 0.444 e. The average Bonchev–Trinajstić information content (AvgIpc) is 3.02. The number of carbonyl (C=O) groups is 2. The van der Waals surface area contributed by atoms with E-state index in [1.165, 1.54) is 0 Å². The molecule has 0 aliphatic carbocycles. The standard InChI is InChI=1S/C25H36ClN3O5/c1-24(2,3)34-23(32)28-8-9-33-15-21(28)19-11-17(26)10-16-6-7-27(14-20(16)19)22(31)29-13-18(30)12-25(29,4)5/h10-11,18,21,30H,6-9,12-15H2,1-5H3/t18?,21-/m0/s1. The lowest BCUT2D eigenvalue weighted by Gasteiger charge is -2.41. The van der Waals surface area contributed by atoms with E-state index in [0.717, 1.165) is 16.7 Å². The molecule has 4 rings (SSSR count). The van der Waals surface area contributed by atoms with Crippen molar-refractivity contribution in [1.82, 2.24) is 14.7 Å². The number of rotatable bonds is 1. The number of morpholine rings is 1. The van der Waals surface area contributed by atoms with Crippen LogP contribution in [-0.2, 0) is 22.4 Å². The number of aliphatic hydroxyl groups excluding tert-OH is 1. The maximum absolute atomic E-state index is 13.5. The number of fused-ring (bicyclic) bond motifs is 1. The van der Waals surface area contributed by atoms with Gasteiger partial charge in [-0.1, -0.05) is 11.6 Å². The van der Waals surface area contributed by atoms with Crippen molar-refractivity contribution in [1.29, 1.82) is 0 Å². The topological polar surface area (TPSA) is 82.5 Å². The third-order valence-corrected chi connectivity index (χ3v) is 7.04. The zero-order chi connectivity index (χ0) is 24.8. The van der Waals surface area contributed by atoms with E-state index >= 15 is 0 Å². The molecule has 8 nitrogen and oxygen atoms in total. The van der Waals surface area contributed by atoms with E-state index in [4.69, 9.17) is 21.1 Å². The van der Waals surface area contributed by atoms with Crippen LogP contribution in [0.4, 0.5) is 9.59 Å². The molecule has 3 amide bonds. The van der Waals surface area contributed by atoms with Gasteiger partial charge in [-0.05, 0) is 76.3 Å². The second kappa shape index (κ2) is 9.21. The molecule has 34 heavy (non-hydrogen) atoms. The van der Waals surface area contributed by atoms with Gasteiger partial charge in [-0.2, -0.15) is 0 Å². The van der Waals surface area contributed by atoms with Crippen molar-refractivity contribution in [2.24, 2.45) is 0 Å². The highest BCUT2D eigenvalue weighted by Crippen LogP contribution is 2.37. The molecule has 0 saturated carbocycles. The summed E-state index contributed by atoms with van der Waals surface area (Å²) in [5, 5.41) is 10.8.